The Morgan fingerprint density at radius 3 is 2.33 bits per heavy atom. The van der Waals surface area contributed by atoms with Crippen LogP contribution in [-0.2, 0) is 0 Å². The Balaban J connectivity index is 1.74. The predicted molar refractivity (Wildman–Crippen MR) is 176 cm³/mol. The summed E-state index contributed by atoms with van der Waals surface area (Å²) in [5.41, 5.74) is 6.40. The monoisotopic (exact) mass is 535 g/mol. The molecule has 1 aliphatic heterocycles. The molecule has 0 saturated carbocycles. The van der Waals surface area contributed by atoms with Crippen molar-refractivity contribution in [1.29, 1.82) is 0 Å². The molecule has 4 aromatic carbocycles. The number of rotatable bonds is 4. The van der Waals surface area contributed by atoms with Gasteiger partial charge < -0.3 is 9.13 Å². The molecule has 0 spiro atoms. The molecule has 0 bridgehead atoms. The van der Waals surface area contributed by atoms with E-state index in [4.69, 9.17) is 0 Å². The highest BCUT2D eigenvalue weighted by Crippen LogP contribution is 2.51. The molecule has 1 unspecified atom stereocenters. The Morgan fingerprint density at radius 2 is 1.57 bits per heavy atom. The molecule has 8 rings (SSSR count). The Morgan fingerprint density at radius 1 is 0.875 bits per heavy atom. The summed E-state index contributed by atoms with van der Waals surface area (Å²) in [6, 6.07) is 27.1. The number of benzene rings is 4. The zero-order valence-electron chi connectivity index (χ0n) is 22.6. The zero-order valence-corrected chi connectivity index (χ0v) is 23.5. The fraction of sp³-hybridized carbons (Fsp3) is 0.139. The maximum absolute atomic E-state index is 4.42. The summed E-state index contributed by atoms with van der Waals surface area (Å²) < 4.78 is 7.79. The van der Waals surface area contributed by atoms with Gasteiger partial charge in [0.2, 0.25) is 0 Å². The van der Waals surface area contributed by atoms with Crippen molar-refractivity contribution >= 4 is 87.0 Å². The van der Waals surface area contributed by atoms with Crippen LogP contribution >= 0.6 is 11.3 Å². The van der Waals surface area contributed by atoms with Crippen LogP contribution in [-0.4, -0.2) is 15.3 Å². The maximum atomic E-state index is 4.42. The lowest BCUT2D eigenvalue weighted by Crippen LogP contribution is -2.08. The molecule has 1 aliphatic rings. The third-order valence-corrected chi connectivity index (χ3v) is 9.45. The highest BCUT2D eigenvalue weighted by atomic mass is 32.1. The van der Waals surface area contributed by atoms with E-state index in [1.165, 1.54) is 69.5 Å². The van der Waals surface area contributed by atoms with Crippen molar-refractivity contribution in [3.05, 3.63) is 103 Å². The van der Waals surface area contributed by atoms with Crippen molar-refractivity contribution in [3.8, 4) is 0 Å². The Labute approximate surface area is 236 Å². The highest BCUT2D eigenvalue weighted by Gasteiger charge is 2.27. The lowest BCUT2D eigenvalue weighted by atomic mass is 10.0. The van der Waals surface area contributed by atoms with Crippen molar-refractivity contribution in [1.82, 2.24) is 9.13 Å². The fourth-order valence-corrected chi connectivity index (χ4v) is 8.04. The van der Waals surface area contributed by atoms with Gasteiger partial charge in [-0.25, -0.2) is 0 Å². The number of aliphatic imine (C=N–C) groups is 1. The molecule has 40 heavy (non-hydrogen) atoms. The lowest BCUT2D eigenvalue weighted by molar-refractivity contribution is 0.669. The van der Waals surface area contributed by atoms with E-state index in [9.17, 15) is 0 Å². The smallest absolute Gasteiger partial charge is 0.0727 e. The first-order chi connectivity index (χ1) is 19.8. The van der Waals surface area contributed by atoms with Crippen LogP contribution in [0, 0.1) is 0 Å². The second-order valence-corrected chi connectivity index (χ2v) is 11.6. The van der Waals surface area contributed by atoms with Gasteiger partial charge in [-0.2, -0.15) is 0 Å². The summed E-state index contributed by atoms with van der Waals surface area (Å²) in [4.78, 5) is 4.42. The normalized spacial score (nSPS) is 16.4. The molecule has 0 saturated heterocycles. The van der Waals surface area contributed by atoms with Gasteiger partial charge in [-0.1, -0.05) is 73.7 Å². The average molecular weight is 536 g/mol. The quantitative estimate of drug-likeness (QED) is 0.200. The molecule has 7 aromatic rings. The van der Waals surface area contributed by atoms with Gasteiger partial charge in [-0.05, 0) is 43.7 Å². The number of allylic oxidation sites excluding steroid dienone is 5. The van der Waals surface area contributed by atoms with E-state index in [0.29, 0.717) is 0 Å². The van der Waals surface area contributed by atoms with E-state index >= 15 is 0 Å². The molecule has 1 atom stereocenters. The first-order valence-corrected chi connectivity index (χ1v) is 14.9. The van der Waals surface area contributed by atoms with Gasteiger partial charge in [-0.3, -0.25) is 4.99 Å². The van der Waals surface area contributed by atoms with Crippen molar-refractivity contribution in [3.63, 3.8) is 0 Å². The Kier molecular flexibility index (Phi) is 5.32. The van der Waals surface area contributed by atoms with Crippen LogP contribution in [0.15, 0.2) is 108 Å². The minimum Gasteiger partial charge on any atom is -0.332 e. The van der Waals surface area contributed by atoms with Crippen LogP contribution in [0.4, 0.5) is 0 Å². The Hall–Kier alpha value is -4.41. The number of thiophene rings is 1. The van der Waals surface area contributed by atoms with E-state index in [1.807, 2.05) is 17.5 Å². The molecular formula is C36H29N3S. The number of nitrogens with zero attached hydrogens (tertiary/aromatic N) is 3. The van der Waals surface area contributed by atoms with Crippen molar-refractivity contribution < 1.29 is 0 Å². The summed E-state index contributed by atoms with van der Waals surface area (Å²) in [7, 11) is 0. The highest BCUT2D eigenvalue weighted by molar-refractivity contribution is 7.27. The average Bonchev–Trinajstić information content (AvgIpc) is 3.65. The number of para-hydroxylation sites is 2. The molecule has 0 amide bonds. The van der Waals surface area contributed by atoms with Crippen LogP contribution in [0.3, 0.4) is 0 Å². The second-order valence-electron chi connectivity index (χ2n) is 10.5. The van der Waals surface area contributed by atoms with E-state index < -0.39 is 0 Å². The topological polar surface area (TPSA) is 22.2 Å². The molecule has 0 aliphatic carbocycles. The number of hydrogen-bond acceptors (Lipinski definition) is 2. The van der Waals surface area contributed by atoms with Crippen LogP contribution in [0.1, 0.15) is 32.7 Å². The molecule has 3 aromatic heterocycles. The summed E-state index contributed by atoms with van der Waals surface area (Å²) in [5, 5.41) is 8.00. The molecule has 3 nitrogen and oxygen atoms in total. The SMILES string of the molecule is C/C=C\C(=C/CC)n1c2ccccc2c2c3c4ccccc4n(C4C=CN=CC4)c3c3c4ccccc4sc3c21. The predicted octanol–water partition coefficient (Wildman–Crippen LogP) is 10.6. The van der Waals surface area contributed by atoms with Crippen LogP contribution in [0.25, 0.3) is 69.5 Å². The van der Waals surface area contributed by atoms with Crippen molar-refractivity contribution in [2.75, 3.05) is 0 Å². The second kappa shape index (κ2) is 9.07. The van der Waals surface area contributed by atoms with Crippen molar-refractivity contribution in [2.24, 2.45) is 4.99 Å². The van der Waals surface area contributed by atoms with Gasteiger partial charge in [0.05, 0.1) is 27.3 Å². The molecule has 0 fully saturated rings. The van der Waals surface area contributed by atoms with Gasteiger partial charge >= 0.3 is 0 Å². The van der Waals surface area contributed by atoms with Gasteiger partial charge in [0, 0.05) is 67.1 Å². The van der Waals surface area contributed by atoms with Gasteiger partial charge in [0.25, 0.3) is 0 Å². The van der Waals surface area contributed by atoms with Gasteiger partial charge in [-0.15, -0.1) is 11.3 Å². The summed E-state index contributed by atoms with van der Waals surface area (Å²) in [5.74, 6) is 0. The Bertz CT molecular complexity index is 2250. The maximum Gasteiger partial charge on any atom is 0.0727 e. The first kappa shape index (κ1) is 23.5. The number of hydrogen-bond donors (Lipinski definition) is 0. The first-order valence-electron chi connectivity index (χ1n) is 14.1. The van der Waals surface area contributed by atoms with Crippen molar-refractivity contribution in [2.45, 2.75) is 32.7 Å². The minimum absolute atomic E-state index is 0.214. The molecular weight excluding hydrogens is 506 g/mol. The van der Waals surface area contributed by atoms with E-state index in [-0.39, 0.29) is 6.04 Å². The largest absolute Gasteiger partial charge is 0.332 e. The molecule has 0 N–H and O–H groups in total. The summed E-state index contributed by atoms with van der Waals surface area (Å²) in [6.07, 6.45) is 14.9. The summed E-state index contributed by atoms with van der Waals surface area (Å²) in [6.45, 7) is 4.33. The molecule has 0 radical (unpaired) electrons. The number of aromatic nitrogens is 2. The van der Waals surface area contributed by atoms with E-state index in [2.05, 4.69) is 131 Å². The van der Waals surface area contributed by atoms with E-state index in [1.54, 1.807) is 0 Å². The summed E-state index contributed by atoms with van der Waals surface area (Å²) >= 11 is 1.92. The minimum atomic E-state index is 0.214. The standard InChI is InChI=1S/C36H29N3S/c1-3-11-23(12-4-2)39-29-17-9-6-14-26(29)32-31-25-13-5-8-16-28(25)38(24-19-21-37-22-20-24)34(31)33-27-15-7-10-18-30(27)40-36(33)35(32)39/h3,5-19,21-22,24H,4,20H2,1-2H3/b11-3-,23-12+. The zero-order chi connectivity index (χ0) is 26.8. The third kappa shape index (κ3) is 3.14. The molecule has 194 valence electrons. The lowest BCUT2D eigenvalue weighted by Gasteiger charge is -2.19. The van der Waals surface area contributed by atoms with Gasteiger partial charge in [0.1, 0.15) is 0 Å². The van der Waals surface area contributed by atoms with Gasteiger partial charge in [0.15, 0.2) is 0 Å². The molecule has 4 heteroatoms. The molecule has 4 heterocycles. The van der Waals surface area contributed by atoms with E-state index in [0.717, 1.165) is 12.8 Å². The van der Waals surface area contributed by atoms with Crippen LogP contribution < -0.4 is 0 Å². The van der Waals surface area contributed by atoms with Crippen LogP contribution in [0.2, 0.25) is 0 Å². The van der Waals surface area contributed by atoms with Crippen LogP contribution in [0.5, 0.6) is 0 Å². The number of fused-ring (bicyclic) bond motifs is 12. The fourth-order valence-electron chi connectivity index (χ4n) is 6.79. The third-order valence-electron chi connectivity index (χ3n) is 8.27.